The summed E-state index contributed by atoms with van der Waals surface area (Å²) in [7, 11) is 0. The lowest BCUT2D eigenvalue weighted by Gasteiger charge is -2.45. The van der Waals surface area contributed by atoms with E-state index in [2.05, 4.69) is 9.98 Å². The summed E-state index contributed by atoms with van der Waals surface area (Å²) in [5, 5.41) is 10.7. The van der Waals surface area contributed by atoms with Crippen LogP contribution in [0.1, 0.15) is 32.1 Å². The molecule has 0 saturated heterocycles. The molecule has 1 fully saturated rings. The van der Waals surface area contributed by atoms with Crippen LogP contribution in [0.5, 0.6) is 5.75 Å². The number of phenols is 1. The van der Waals surface area contributed by atoms with Gasteiger partial charge in [-0.25, -0.2) is 4.99 Å². The standard InChI is InChI=1S/C14H18ClN5O/c15-9-4-5-11(21)10(8-9)20-13(17)18-12(16)19-14(20)6-2-1-3-7-14/h4-5,8,21H,1-3,6-7H2,(H4,16,17,18,19). The van der Waals surface area contributed by atoms with Crippen molar-refractivity contribution in [2.45, 2.75) is 37.8 Å². The molecule has 0 amide bonds. The van der Waals surface area contributed by atoms with E-state index < -0.39 is 5.66 Å². The van der Waals surface area contributed by atoms with E-state index in [9.17, 15) is 5.11 Å². The van der Waals surface area contributed by atoms with Gasteiger partial charge in [-0.3, -0.25) is 4.90 Å². The summed E-state index contributed by atoms with van der Waals surface area (Å²) in [5.41, 5.74) is 11.8. The van der Waals surface area contributed by atoms with E-state index in [-0.39, 0.29) is 17.7 Å². The number of phenolic OH excluding ortho intramolecular Hbond substituents is 1. The van der Waals surface area contributed by atoms with Crippen LogP contribution in [0.15, 0.2) is 28.2 Å². The normalized spacial score (nSPS) is 21.1. The average molecular weight is 308 g/mol. The molecular formula is C14H18ClN5O. The van der Waals surface area contributed by atoms with E-state index in [0.717, 1.165) is 32.1 Å². The Hall–Kier alpha value is -1.95. The first-order valence-corrected chi connectivity index (χ1v) is 7.38. The summed E-state index contributed by atoms with van der Waals surface area (Å²) in [5.74, 6) is 0.521. The summed E-state index contributed by atoms with van der Waals surface area (Å²) in [4.78, 5) is 10.4. The van der Waals surface area contributed by atoms with Gasteiger partial charge in [0, 0.05) is 5.02 Å². The van der Waals surface area contributed by atoms with Gasteiger partial charge in [-0.05, 0) is 43.9 Å². The summed E-state index contributed by atoms with van der Waals surface area (Å²) in [6.07, 6.45) is 4.85. The maximum absolute atomic E-state index is 10.2. The van der Waals surface area contributed by atoms with Crippen LogP contribution >= 0.6 is 11.6 Å². The van der Waals surface area contributed by atoms with Gasteiger partial charge in [0.05, 0.1) is 5.69 Å². The number of rotatable bonds is 1. The fraction of sp³-hybridized carbons (Fsp3) is 0.429. The van der Waals surface area contributed by atoms with Crippen LogP contribution in [0, 0.1) is 0 Å². The zero-order chi connectivity index (χ0) is 15.0. The second kappa shape index (κ2) is 5.11. The van der Waals surface area contributed by atoms with Gasteiger partial charge >= 0.3 is 0 Å². The highest BCUT2D eigenvalue weighted by molar-refractivity contribution is 6.31. The van der Waals surface area contributed by atoms with Gasteiger partial charge in [-0.15, -0.1) is 0 Å². The quantitative estimate of drug-likeness (QED) is 0.740. The Balaban J connectivity index is 2.13. The highest BCUT2D eigenvalue weighted by atomic mass is 35.5. The molecule has 0 atom stereocenters. The lowest BCUT2D eigenvalue weighted by Crippen LogP contribution is -2.58. The summed E-state index contributed by atoms with van der Waals surface area (Å²) in [6.45, 7) is 0. The zero-order valence-electron chi connectivity index (χ0n) is 11.6. The van der Waals surface area contributed by atoms with Crippen LogP contribution in [-0.4, -0.2) is 22.7 Å². The molecule has 0 bridgehead atoms. The molecule has 5 N–H and O–H groups in total. The molecule has 0 unspecified atom stereocenters. The number of nitrogens with zero attached hydrogens (tertiary/aromatic N) is 3. The van der Waals surface area contributed by atoms with Gasteiger partial charge in [0.2, 0.25) is 11.9 Å². The zero-order valence-corrected chi connectivity index (χ0v) is 12.3. The molecular weight excluding hydrogens is 290 g/mol. The minimum Gasteiger partial charge on any atom is -0.506 e. The molecule has 21 heavy (non-hydrogen) atoms. The minimum absolute atomic E-state index is 0.0955. The summed E-state index contributed by atoms with van der Waals surface area (Å²) < 4.78 is 0. The third kappa shape index (κ3) is 2.40. The van der Waals surface area contributed by atoms with Crippen molar-refractivity contribution in [3.63, 3.8) is 0 Å². The summed E-state index contributed by atoms with van der Waals surface area (Å²) >= 11 is 6.06. The second-order valence-electron chi connectivity index (χ2n) is 5.45. The molecule has 0 radical (unpaired) electrons. The van der Waals surface area contributed by atoms with Gasteiger partial charge in [0.25, 0.3) is 0 Å². The Kier molecular flexibility index (Phi) is 3.41. The number of nitrogens with two attached hydrogens (primary N) is 2. The largest absolute Gasteiger partial charge is 0.506 e. The number of hydrogen-bond donors (Lipinski definition) is 3. The molecule has 1 saturated carbocycles. The van der Waals surface area contributed by atoms with Crippen molar-refractivity contribution in [2.24, 2.45) is 21.5 Å². The average Bonchev–Trinajstić information content (AvgIpc) is 2.42. The van der Waals surface area contributed by atoms with E-state index in [1.165, 1.54) is 0 Å². The predicted octanol–water partition coefficient (Wildman–Crippen LogP) is 2.16. The molecule has 1 heterocycles. The number of hydrogen-bond acceptors (Lipinski definition) is 6. The van der Waals surface area contributed by atoms with Crippen LogP contribution in [0.4, 0.5) is 5.69 Å². The molecule has 112 valence electrons. The lowest BCUT2D eigenvalue weighted by molar-refractivity contribution is 0.303. The van der Waals surface area contributed by atoms with Crippen LogP contribution < -0.4 is 16.4 Å². The molecule has 2 aliphatic rings. The summed E-state index contributed by atoms with van der Waals surface area (Å²) in [6, 6.07) is 4.85. The Morgan fingerprint density at radius 2 is 1.90 bits per heavy atom. The fourth-order valence-corrected chi connectivity index (χ4v) is 3.31. The first-order valence-electron chi connectivity index (χ1n) is 7.00. The number of halogens is 1. The second-order valence-corrected chi connectivity index (χ2v) is 5.89. The maximum atomic E-state index is 10.2. The molecule has 1 spiro atoms. The van der Waals surface area contributed by atoms with E-state index in [1.54, 1.807) is 23.1 Å². The molecule has 6 nitrogen and oxygen atoms in total. The van der Waals surface area contributed by atoms with Crippen LogP contribution in [0.2, 0.25) is 5.02 Å². The fourth-order valence-electron chi connectivity index (χ4n) is 3.15. The monoisotopic (exact) mass is 307 g/mol. The van der Waals surface area contributed by atoms with Gasteiger partial charge in [-0.1, -0.05) is 18.0 Å². The van der Waals surface area contributed by atoms with E-state index in [0.29, 0.717) is 10.7 Å². The Labute approximate surface area is 128 Å². The first kappa shape index (κ1) is 14.0. The third-order valence-electron chi connectivity index (χ3n) is 4.03. The molecule has 1 aromatic rings. The van der Waals surface area contributed by atoms with Gasteiger partial charge in [-0.2, -0.15) is 4.99 Å². The molecule has 0 aromatic heterocycles. The van der Waals surface area contributed by atoms with Crippen molar-refractivity contribution < 1.29 is 5.11 Å². The topological polar surface area (TPSA) is 100 Å². The SMILES string of the molecule is NC1=NC2(CCCCC2)N(c2cc(Cl)ccc2O)C(N)=N1. The number of anilines is 1. The van der Waals surface area contributed by atoms with Crippen LogP contribution in [-0.2, 0) is 0 Å². The molecule has 3 rings (SSSR count). The smallest absolute Gasteiger partial charge is 0.220 e. The predicted molar refractivity (Wildman–Crippen MR) is 84.7 cm³/mol. The Bertz CT molecular complexity index is 622. The highest BCUT2D eigenvalue weighted by Gasteiger charge is 2.43. The van der Waals surface area contributed by atoms with Crippen molar-refractivity contribution in [1.82, 2.24) is 0 Å². The molecule has 7 heteroatoms. The first-order chi connectivity index (χ1) is 10.0. The molecule has 1 aromatic carbocycles. The highest BCUT2D eigenvalue weighted by Crippen LogP contribution is 2.42. The lowest BCUT2D eigenvalue weighted by atomic mass is 9.87. The minimum atomic E-state index is -0.573. The Morgan fingerprint density at radius 1 is 1.19 bits per heavy atom. The van der Waals surface area contributed by atoms with E-state index in [4.69, 9.17) is 23.1 Å². The molecule has 1 aliphatic heterocycles. The van der Waals surface area contributed by atoms with Crippen molar-refractivity contribution >= 4 is 29.2 Å². The van der Waals surface area contributed by atoms with E-state index >= 15 is 0 Å². The maximum Gasteiger partial charge on any atom is 0.220 e. The van der Waals surface area contributed by atoms with Crippen LogP contribution in [0.3, 0.4) is 0 Å². The van der Waals surface area contributed by atoms with E-state index in [1.807, 2.05) is 0 Å². The van der Waals surface area contributed by atoms with Gasteiger partial charge < -0.3 is 16.6 Å². The third-order valence-corrected chi connectivity index (χ3v) is 4.26. The number of aliphatic imine (C=N–C) groups is 2. The van der Waals surface area contributed by atoms with Crippen LogP contribution in [0.25, 0.3) is 0 Å². The van der Waals surface area contributed by atoms with Crippen molar-refractivity contribution in [1.29, 1.82) is 0 Å². The van der Waals surface area contributed by atoms with Gasteiger partial charge in [0.1, 0.15) is 11.4 Å². The van der Waals surface area contributed by atoms with Crippen molar-refractivity contribution in [3.05, 3.63) is 23.2 Å². The number of aromatic hydroxyl groups is 1. The van der Waals surface area contributed by atoms with Crippen molar-refractivity contribution in [3.8, 4) is 5.75 Å². The molecule has 1 aliphatic carbocycles. The van der Waals surface area contributed by atoms with Gasteiger partial charge in [0.15, 0.2) is 0 Å². The number of guanidine groups is 2. The van der Waals surface area contributed by atoms with Crippen molar-refractivity contribution in [2.75, 3.05) is 4.90 Å². The number of benzene rings is 1. The Morgan fingerprint density at radius 3 is 2.62 bits per heavy atom.